The van der Waals surface area contributed by atoms with Gasteiger partial charge >= 0.3 is 0 Å². The van der Waals surface area contributed by atoms with Gasteiger partial charge in [-0.05, 0) is 60.9 Å². The van der Waals surface area contributed by atoms with Crippen LogP contribution in [0, 0.1) is 11.3 Å². The second-order valence-electron chi connectivity index (χ2n) is 5.10. The summed E-state index contributed by atoms with van der Waals surface area (Å²) < 4.78 is 0.852. The normalized spacial score (nSPS) is 17.7. The van der Waals surface area contributed by atoms with Crippen molar-refractivity contribution in [2.75, 3.05) is 25.0 Å². The Kier molecular flexibility index (Phi) is 5.24. The number of benzene rings is 1. The standard InChI is InChI=1S/C15H20BrN3/c1-12(19-8-3-2-4-9-19)11-18-15-7-5-6-14(16)13(15)10-17/h5-7,12,18H,2-4,8-9,11H2,1H3. The maximum atomic E-state index is 9.18. The largest absolute Gasteiger partial charge is 0.382 e. The molecule has 0 radical (unpaired) electrons. The molecule has 1 unspecified atom stereocenters. The third-order valence-corrected chi connectivity index (χ3v) is 4.39. The van der Waals surface area contributed by atoms with Gasteiger partial charge in [-0.2, -0.15) is 5.26 Å². The first-order chi connectivity index (χ1) is 9.22. The predicted octanol–water partition coefficient (Wildman–Crippen LogP) is 3.61. The van der Waals surface area contributed by atoms with Crippen LogP contribution in [0.1, 0.15) is 31.7 Å². The molecule has 1 aliphatic rings. The summed E-state index contributed by atoms with van der Waals surface area (Å²) in [6.07, 6.45) is 3.98. The zero-order valence-corrected chi connectivity index (χ0v) is 12.9. The molecule has 1 saturated heterocycles. The zero-order valence-electron chi connectivity index (χ0n) is 11.3. The van der Waals surface area contributed by atoms with Gasteiger partial charge in [0.15, 0.2) is 0 Å². The van der Waals surface area contributed by atoms with Crippen molar-refractivity contribution in [1.82, 2.24) is 4.90 Å². The highest BCUT2D eigenvalue weighted by molar-refractivity contribution is 9.10. The van der Waals surface area contributed by atoms with Gasteiger partial charge in [-0.25, -0.2) is 0 Å². The van der Waals surface area contributed by atoms with Crippen LogP contribution in [0.3, 0.4) is 0 Å². The molecule has 0 amide bonds. The maximum Gasteiger partial charge on any atom is 0.103 e. The van der Waals surface area contributed by atoms with E-state index in [2.05, 4.69) is 39.1 Å². The average molecular weight is 322 g/mol. The zero-order chi connectivity index (χ0) is 13.7. The molecule has 1 fully saturated rings. The summed E-state index contributed by atoms with van der Waals surface area (Å²) in [7, 11) is 0. The van der Waals surface area contributed by atoms with Gasteiger partial charge < -0.3 is 5.32 Å². The number of piperidine rings is 1. The van der Waals surface area contributed by atoms with Gasteiger partial charge in [0.1, 0.15) is 6.07 Å². The Morgan fingerprint density at radius 1 is 1.37 bits per heavy atom. The van der Waals surface area contributed by atoms with Crippen LogP contribution in [0.25, 0.3) is 0 Å². The van der Waals surface area contributed by atoms with E-state index in [-0.39, 0.29) is 0 Å². The molecule has 0 aliphatic carbocycles. The first-order valence-corrected chi connectivity index (χ1v) is 7.68. The molecule has 1 N–H and O–H groups in total. The Bertz CT molecular complexity index is 461. The van der Waals surface area contributed by atoms with Crippen molar-refractivity contribution < 1.29 is 0 Å². The third-order valence-electron chi connectivity index (χ3n) is 3.73. The molecule has 4 heteroatoms. The monoisotopic (exact) mass is 321 g/mol. The molecule has 3 nitrogen and oxygen atoms in total. The van der Waals surface area contributed by atoms with E-state index in [9.17, 15) is 5.26 Å². The molecular formula is C15H20BrN3. The lowest BCUT2D eigenvalue weighted by molar-refractivity contribution is 0.180. The highest BCUT2D eigenvalue weighted by Gasteiger charge is 2.16. The van der Waals surface area contributed by atoms with E-state index in [1.54, 1.807) is 0 Å². The van der Waals surface area contributed by atoms with Gasteiger partial charge in [0.2, 0.25) is 0 Å². The Balaban J connectivity index is 1.95. The van der Waals surface area contributed by atoms with Gasteiger partial charge in [0.05, 0.1) is 11.3 Å². The Hall–Kier alpha value is -1.05. The molecule has 1 aromatic rings. The molecule has 1 atom stereocenters. The summed E-state index contributed by atoms with van der Waals surface area (Å²) in [4.78, 5) is 2.53. The molecule has 0 spiro atoms. The lowest BCUT2D eigenvalue weighted by Gasteiger charge is -2.32. The molecule has 102 valence electrons. The Morgan fingerprint density at radius 2 is 2.11 bits per heavy atom. The summed E-state index contributed by atoms with van der Waals surface area (Å²) >= 11 is 3.42. The van der Waals surface area contributed by atoms with Crippen molar-refractivity contribution in [2.45, 2.75) is 32.2 Å². The van der Waals surface area contributed by atoms with E-state index in [1.165, 1.54) is 32.4 Å². The van der Waals surface area contributed by atoms with Crippen LogP contribution in [0.5, 0.6) is 0 Å². The van der Waals surface area contributed by atoms with Gasteiger partial charge in [0.25, 0.3) is 0 Å². The van der Waals surface area contributed by atoms with Gasteiger partial charge in [-0.1, -0.05) is 12.5 Å². The number of nitriles is 1. The average Bonchev–Trinajstić information content (AvgIpc) is 2.45. The number of hydrogen-bond donors (Lipinski definition) is 1. The van der Waals surface area contributed by atoms with Crippen LogP contribution in [-0.2, 0) is 0 Å². The minimum Gasteiger partial charge on any atom is -0.382 e. The molecule has 1 aromatic carbocycles. The summed E-state index contributed by atoms with van der Waals surface area (Å²) in [5, 5.41) is 12.6. The van der Waals surface area contributed by atoms with Crippen molar-refractivity contribution in [3.63, 3.8) is 0 Å². The van der Waals surface area contributed by atoms with Gasteiger partial charge in [-0.15, -0.1) is 0 Å². The van der Waals surface area contributed by atoms with Crippen LogP contribution >= 0.6 is 15.9 Å². The lowest BCUT2D eigenvalue weighted by Crippen LogP contribution is -2.41. The quantitative estimate of drug-likeness (QED) is 0.920. The first kappa shape index (κ1) is 14.4. The molecule has 1 heterocycles. The highest BCUT2D eigenvalue weighted by Crippen LogP contribution is 2.24. The minimum absolute atomic E-state index is 0.505. The molecule has 1 aliphatic heterocycles. The fraction of sp³-hybridized carbons (Fsp3) is 0.533. The van der Waals surface area contributed by atoms with Gasteiger partial charge in [0, 0.05) is 17.1 Å². The number of nitrogens with one attached hydrogen (secondary N) is 1. The Labute approximate surface area is 123 Å². The molecule has 0 aromatic heterocycles. The first-order valence-electron chi connectivity index (χ1n) is 6.89. The van der Waals surface area contributed by atoms with Crippen molar-refractivity contribution in [3.8, 4) is 6.07 Å². The maximum absolute atomic E-state index is 9.18. The van der Waals surface area contributed by atoms with Crippen molar-refractivity contribution in [2.24, 2.45) is 0 Å². The predicted molar refractivity (Wildman–Crippen MR) is 82.2 cm³/mol. The highest BCUT2D eigenvalue weighted by atomic mass is 79.9. The fourth-order valence-electron chi connectivity index (χ4n) is 2.53. The number of nitrogens with zero attached hydrogens (tertiary/aromatic N) is 2. The topological polar surface area (TPSA) is 39.1 Å². The van der Waals surface area contributed by atoms with Crippen LogP contribution < -0.4 is 5.32 Å². The van der Waals surface area contributed by atoms with E-state index in [1.807, 2.05) is 18.2 Å². The summed E-state index contributed by atoms with van der Waals surface area (Å²) in [5.74, 6) is 0. The fourth-order valence-corrected chi connectivity index (χ4v) is 2.99. The van der Waals surface area contributed by atoms with Crippen LogP contribution in [-0.4, -0.2) is 30.6 Å². The molecule has 0 bridgehead atoms. The van der Waals surface area contributed by atoms with Crippen LogP contribution in [0.4, 0.5) is 5.69 Å². The number of likely N-dealkylation sites (tertiary alicyclic amines) is 1. The second kappa shape index (κ2) is 6.93. The van der Waals surface area contributed by atoms with Gasteiger partial charge in [-0.3, -0.25) is 4.90 Å². The number of hydrogen-bond acceptors (Lipinski definition) is 3. The smallest absolute Gasteiger partial charge is 0.103 e. The van der Waals surface area contributed by atoms with E-state index in [0.717, 1.165) is 16.7 Å². The van der Waals surface area contributed by atoms with Crippen LogP contribution in [0.15, 0.2) is 22.7 Å². The lowest BCUT2D eigenvalue weighted by atomic mass is 10.1. The number of anilines is 1. The van der Waals surface area contributed by atoms with Crippen LogP contribution in [0.2, 0.25) is 0 Å². The SMILES string of the molecule is CC(CNc1cccc(Br)c1C#N)N1CCCCC1. The minimum atomic E-state index is 0.505. The van der Waals surface area contributed by atoms with Crippen molar-refractivity contribution in [3.05, 3.63) is 28.2 Å². The number of rotatable bonds is 4. The van der Waals surface area contributed by atoms with Crippen molar-refractivity contribution >= 4 is 21.6 Å². The molecule has 19 heavy (non-hydrogen) atoms. The van der Waals surface area contributed by atoms with E-state index in [4.69, 9.17) is 0 Å². The third kappa shape index (κ3) is 3.71. The Morgan fingerprint density at radius 3 is 2.79 bits per heavy atom. The summed E-state index contributed by atoms with van der Waals surface area (Å²) in [6.45, 7) is 5.53. The second-order valence-corrected chi connectivity index (χ2v) is 5.96. The van der Waals surface area contributed by atoms with E-state index < -0.39 is 0 Å². The summed E-state index contributed by atoms with van der Waals surface area (Å²) in [5.41, 5.74) is 1.61. The van der Waals surface area contributed by atoms with E-state index >= 15 is 0 Å². The number of halogens is 1. The molecule has 0 saturated carbocycles. The summed E-state index contributed by atoms with van der Waals surface area (Å²) in [6, 6.07) is 8.57. The molecular weight excluding hydrogens is 302 g/mol. The van der Waals surface area contributed by atoms with Crippen molar-refractivity contribution in [1.29, 1.82) is 5.26 Å². The molecule has 2 rings (SSSR count). The van der Waals surface area contributed by atoms with E-state index in [0.29, 0.717) is 11.6 Å².